The highest BCUT2D eigenvalue weighted by Gasteiger charge is 2.47. The Morgan fingerprint density at radius 1 is 1.21 bits per heavy atom. The van der Waals surface area contributed by atoms with Crippen molar-refractivity contribution in [3.8, 4) is 0 Å². The van der Waals surface area contributed by atoms with Crippen LogP contribution < -0.4 is 16.4 Å². The Kier molecular flexibility index (Phi) is 3.24. The summed E-state index contributed by atoms with van der Waals surface area (Å²) in [6.45, 7) is 0. The van der Waals surface area contributed by atoms with Gasteiger partial charge in [0.05, 0.1) is 16.7 Å². The summed E-state index contributed by atoms with van der Waals surface area (Å²) < 4.78 is 1.58. The van der Waals surface area contributed by atoms with Crippen molar-refractivity contribution >= 4 is 22.3 Å². The average Bonchev–Trinajstić information content (AvgIpc) is 3.40. The molecule has 1 saturated carbocycles. The number of hydrogen-bond acceptors (Lipinski definition) is 6. The van der Waals surface area contributed by atoms with Crippen molar-refractivity contribution in [3.63, 3.8) is 0 Å². The molecule has 1 fully saturated rings. The number of benzene rings is 1. The van der Waals surface area contributed by atoms with Crippen molar-refractivity contribution in [2.75, 3.05) is 10.8 Å². The summed E-state index contributed by atoms with van der Waals surface area (Å²) >= 11 is 0. The lowest BCUT2D eigenvalue weighted by Gasteiger charge is -2.19. The molecule has 0 saturated heterocycles. The number of aromatic nitrogens is 3. The highest BCUT2D eigenvalue weighted by Crippen LogP contribution is 2.47. The van der Waals surface area contributed by atoms with Gasteiger partial charge in [0, 0.05) is 36.6 Å². The number of anilines is 2. The van der Waals surface area contributed by atoms with Crippen LogP contribution in [0.15, 0.2) is 47.5 Å². The minimum Gasteiger partial charge on any atom is -0.372 e. The van der Waals surface area contributed by atoms with Crippen molar-refractivity contribution in [1.29, 1.82) is 0 Å². The van der Waals surface area contributed by atoms with Crippen LogP contribution in [-0.4, -0.2) is 19.7 Å². The fourth-order valence-electron chi connectivity index (χ4n) is 2.97. The Morgan fingerprint density at radius 3 is 2.62 bits per heavy atom. The zero-order valence-corrected chi connectivity index (χ0v) is 13.2. The predicted molar refractivity (Wildman–Crippen MR) is 91.2 cm³/mol. The zero-order valence-electron chi connectivity index (χ0n) is 13.2. The van der Waals surface area contributed by atoms with E-state index in [0.29, 0.717) is 5.69 Å². The van der Waals surface area contributed by atoms with E-state index >= 15 is 0 Å². The second kappa shape index (κ2) is 5.31. The van der Waals surface area contributed by atoms with Gasteiger partial charge in [-0.1, -0.05) is 0 Å². The topological polar surface area (TPSA) is 92.1 Å². The Bertz CT molecular complexity index is 964. The maximum atomic E-state index is 12.3. The van der Waals surface area contributed by atoms with Gasteiger partial charge in [0.2, 0.25) is 0 Å². The molecule has 0 bridgehead atoms. The van der Waals surface area contributed by atoms with Crippen LogP contribution in [0.2, 0.25) is 0 Å². The molecule has 1 aromatic carbocycles. The van der Waals surface area contributed by atoms with Crippen molar-refractivity contribution in [2.45, 2.75) is 18.4 Å². The number of hydrogen-bond donors (Lipinski definition) is 3. The molecule has 0 amide bonds. The van der Waals surface area contributed by atoms with E-state index in [9.17, 15) is 10.0 Å². The number of nitrogens with one attached hydrogen (secondary N) is 2. The van der Waals surface area contributed by atoms with Gasteiger partial charge in [-0.2, -0.15) is 0 Å². The molecule has 1 aliphatic carbocycles. The van der Waals surface area contributed by atoms with Crippen molar-refractivity contribution in [2.24, 2.45) is 7.05 Å². The predicted octanol–water partition coefficient (Wildman–Crippen LogP) is 2.23. The molecule has 4 rings (SSSR count). The van der Waals surface area contributed by atoms with Crippen LogP contribution in [0.25, 0.3) is 10.9 Å². The summed E-state index contributed by atoms with van der Waals surface area (Å²) in [5.41, 5.74) is 3.79. The Labute approximate surface area is 138 Å². The van der Waals surface area contributed by atoms with Gasteiger partial charge in [0.1, 0.15) is 0 Å². The van der Waals surface area contributed by atoms with E-state index in [1.54, 1.807) is 54.3 Å². The van der Waals surface area contributed by atoms with E-state index < -0.39 is 0 Å². The molecule has 2 aromatic heterocycles. The third kappa shape index (κ3) is 2.30. The van der Waals surface area contributed by atoms with E-state index in [4.69, 9.17) is 0 Å². The Morgan fingerprint density at radius 2 is 1.96 bits per heavy atom. The van der Waals surface area contributed by atoms with Gasteiger partial charge < -0.3 is 9.88 Å². The Hall–Kier alpha value is -2.93. The number of aryl methyl sites for hydroxylation is 1. The molecule has 3 N–H and O–H groups in total. The largest absolute Gasteiger partial charge is 0.372 e. The van der Waals surface area contributed by atoms with Crippen LogP contribution in [0, 0.1) is 0 Å². The van der Waals surface area contributed by atoms with E-state index in [1.165, 1.54) is 0 Å². The fourth-order valence-corrected chi connectivity index (χ4v) is 2.97. The van der Waals surface area contributed by atoms with Crippen molar-refractivity contribution in [1.82, 2.24) is 14.5 Å². The second-order valence-electron chi connectivity index (χ2n) is 6.08. The molecule has 7 heteroatoms. The quantitative estimate of drug-likeness (QED) is 0.638. The van der Waals surface area contributed by atoms with Crippen LogP contribution in [0.1, 0.15) is 18.7 Å². The third-order valence-corrected chi connectivity index (χ3v) is 4.49. The average molecular weight is 323 g/mol. The van der Waals surface area contributed by atoms with Gasteiger partial charge in [-0.15, -0.1) is 0 Å². The summed E-state index contributed by atoms with van der Waals surface area (Å²) in [5.74, 6) is 0.732. The maximum Gasteiger partial charge on any atom is 0.252 e. The lowest BCUT2D eigenvalue weighted by atomic mass is 10.1. The number of fused-ring (bicyclic) bond motifs is 1. The summed E-state index contributed by atoms with van der Waals surface area (Å²) in [6.07, 6.45) is 5.26. The molecule has 1 aliphatic rings. The normalized spacial score (nSPS) is 15.2. The molecular formula is C17H17N5O2. The number of pyridine rings is 1. The molecule has 24 heavy (non-hydrogen) atoms. The van der Waals surface area contributed by atoms with E-state index in [-0.39, 0.29) is 11.1 Å². The molecule has 0 unspecified atom stereocenters. The molecule has 0 radical (unpaired) electrons. The first kappa shape index (κ1) is 14.6. The van der Waals surface area contributed by atoms with Gasteiger partial charge in [-0.25, -0.2) is 9.97 Å². The summed E-state index contributed by atoms with van der Waals surface area (Å²) in [6, 6.07) is 8.69. The minimum atomic E-state index is -0.330. The molecule has 122 valence electrons. The van der Waals surface area contributed by atoms with Crippen LogP contribution in [0.4, 0.5) is 11.4 Å². The maximum absolute atomic E-state index is 12.3. The monoisotopic (exact) mass is 323 g/mol. The van der Waals surface area contributed by atoms with E-state index in [1.807, 2.05) is 0 Å². The highest BCUT2D eigenvalue weighted by molar-refractivity contribution is 5.94. The summed E-state index contributed by atoms with van der Waals surface area (Å²) in [4.78, 5) is 21.0. The Balaban J connectivity index is 1.85. The van der Waals surface area contributed by atoms with Crippen LogP contribution in [0.3, 0.4) is 0 Å². The summed E-state index contributed by atoms with van der Waals surface area (Å²) in [7, 11) is 1.73. The van der Waals surface area contributed by atoms with Gasteiger partial charge in [0.25, 0.3) is 5.56 Å². The second-order valence-corrected chi connectivity index (χ2v) is 6.08. The van der Waals surface area contributed by atoms with Crippen LogP contribution >= 0.6 is 0 Å². The molecule has 0 spiro atoms. The first-order valence-corrected chi connectivity index (χ1v) is 7.72. The molecule has 3 aromatic rings. The lowest BCUT2D eigenvalue weighted by molar-refractivity contribution is 0.389. The fraction of sp³-hybridized carbons (Fsp3) is 0.235. The van der Waals surface area contributed by atoms with Crippen molar-refractivity contribution in [3.05, 3.63) is 58.9 Å². The molecule has 2 heterocycles. The highest BCUT2D eigenvalue weighted by atomic mass is 16.5. The standard InChI is InChI=1S/C17H17N5O2/c1-22-14-4-3-11(21-24)9-12(14)13(10-15(22)23)20-17(5-6-17)16-18-7-2-8-19-16/h2-4,7-10,20-21,24H,5-6H2,1H3. The van der Waals surface area contributed by atoms with Gasteiger partial charge in [0.15, 0.2) is 5.82 Å². The third-order valence-electron chi connectivity index (χ3n) is 4.49. The van der Waals surface area contributed by atoms with Gasteiger partial charge in [-0.05, 0) is 37.1 Å². The first-order valence-electron chi connectivity index (χ1n) is 7.72. The number of rotatable bonds is 4. The van der Waals surface area contributed by atoms with Gasteiger partial charge >= 0.3 is 0 Å². The SMILES string of the molecule is Cn1c(=O)cc(NC2(c3ncccn3)CC2)c2cc(NO)ccc21. The molecular weight excluding hydrogens is 306 g/mol. The molecule has 0 aliphatic heterocycles. The lowest BCUT2D eigenvalue weighted by Crippen LogP contribution is -2.24. The van der Waals surface area contributed by atoms with E-state index in [2.05, 4.69) is 20.8 Å². The smallest absolute Gasteiger partial charge is 0.252 e. The van der Waals surface area contributed by atoms with Crippen LogP contribution in [0.5, 0.6) is 0 Å². The molecule has 7 nitrogen and oxygen atoms in total. The summed E-state index contributed by atoms with van der Waals surface area (Å²) in [5, 5.41) is 13.5. The minimum absolute atomic E-state index is 0.0977. The zero-order chi connectivity index (χ0) is 16.7. The van der Waals surface area contributed by atoms with Crippen molar-refractivity contribution < 1.29 is 5.21 Å². The first-order chi connectivity index (χ1) is 11.6. The van der Waals surface area contributed by atoms with Gasteiger partial charge in [-0.3, -0.25) is 15.5 Å². The molecule has 0 atom stereocenters. The number of nitrogens with zero attached hydrogens (tertiary/aromatic N) is 3. The van der Waals surface area contributed by atoms with Crippen LogP contribution in [-0.2, 0) is 12.6 Å². The van der Waals surface area contributed by atoms with E-state index in [0.717, 1.165) is 35.3 Å².